The maximum Gasteiger partial charge on any atom is 0.264 e. The standard InChI is InChI=1S/C21H26N2O3S/c1-5-15-23(18-12-8-7-9-13-18)27(25,26)19-14-10-11-17(16-19)20(24)22-21(3,4)6-2/h5,7-14,16H,1,6,15H2,2-4H3,(H,22,24). The molecule has 0 spiro atoms. The average molecular weight is 387 g/mol. The van der Waals surface area contributed by atoms with Crippen LogP contribution in [0.3, 0.4) is 0 Å². The lowest BCUT2D eigenvalue weighted by Gasteiger charge is -2.25. The summed E-state index contributed by atoms with van der Waals surface area (Å²) in [4.78, 5) is 12.6. The zero-order valence-corrected chi connectivity index (χ0v) is 16.8. The van der Waals surface area contributed by atoms with E-state index in [-0.39, 0.29) is 22.9 Å². The Hall–Kier alpha value is -2.60. The highest BCUT2D eigenvalue weighted by Crippen LogP contribution is 2.24. The topological polar surface area (TPSA) is 66.5 Å². The first-order valence-electron chi connectivity index (χ1n) is 8.82. The van der Waals surface area contributed by atoms with E-state index >= 15 is 0 Å². The van der Waals surface area contributed by atoms with Crippen molar-refractivity contribution in [3.8, 4) is 0 Å². The van der Waals surface area contributed by atoms with Crippen LogP contribution in [0, 0.1) is 0 Å². The molecule has 0 aliphatic carbocycles. The molecule has 0 aliphatic heterocycles. The molecule has 0 saturated heterocycles. The van der Waals surface area contributed by atoms with Crippen LogP contribution in [0.4, 0.5) is 5.69 Å². The van der Waals surface area contributed by atoms with Crippen molar-refractivity contribution in [2.75, 3.05) is 10.8 Å². The second kappa shape index (κ2) is 8.39. The Bertz CT molecular complexity index is 906. The summed E-state index contributed by atoms with van der Waals surface area (Å²) in [6.07, 6.45) is 2.29. The molecule has 5 nitrogen and oxygen atoms in total. The van der Waals surface area contributed by atoms with Gasteiger partial charge in [-0.25, -0.2) is 8.42 Å². The van der Waals surface area contributed by atoms with E-state index in [0.717, 1.165) is 6.42 Å². The third-order valence-corrected chi connectivity index (χ3v) is 6.15. The van der Waals surface area contributed by atoms with E-state index in [1.54, 1.807) is 36.4 Å². The number of para-hydroxylation sites is 1. The Balaban J connectivity index is 2.41. The van der Waals surface area contributed by atoms with Gasteiger partial charge in [-0.05, 0) is 50.6 Å². The van der Waals surface area contributed by atoms with E-state index in [1.807, 2.05) is 26.8 Å². The molecule has 2 aromatic rings. The highest BCUT2D eigenvalue weighted by atomic mass is 32.2. The molecule has 1 N–H and O–H groups in total. The monoisotopic (exact) mass is 386 g/mol. The van der Waals surface area contributed by atoms with E-state index in [4.69, 9.17) is 0 Å². The lowest BCUT2D eigenvalue weighted by Crippen LogP contribution is -2.42. The van der Waals surface area contributed by atoms with Crippen molar-refractivity contribution in [3.05, 3.63) is 72.8 Å². The Morgan fingerprint density at radius 3 is 2.41 bits per heavy atom. The SMILES string of the molecule is C=CCN(c1ccccc1)S(=O)(=O)c1cccc(C(=O)NC(C)(C)CC)c1. The zero-order chi connectivity index (χ0) is 20.1. The fourth-order valence-electron chi connectivity index (χ4n) is 2.45. The molecular weight excluding hydrogens is 360 g/mol. The quantitative estimate of drug-likeness (QED) is 0.698. The van der Waals surface area contributed by atoms with Gasteiger partial charge in [0.1, 0.15) is 0 Å². The molecule has 2 aromatic carbocycles. The summed E-state index contributed by atoms with van der Waals surface area (Å²) in [6.45, 7) is 9.62. The van der Waals surface area contributed by atoms with Crippen LogP contribution < -0.4 is 9.62 Å². The highest BCUT2D eigenvalue weighted by Gasteiger charge is 2.25. The van der Waals surface area contributed by atoms with Crippen LogP contribution in [-0.4, -0.2) is 26.4 Å². The molecule has 0 saturated carbocycles. The van der Waals surface area contributed by atoms with Gasteiger partial charge in [0.2, 0.25) is 0 Å². The van der Waals surface area contributed by atoms with Crippen molar-refractivity contribution in [1.29, 1.82) is 0 Å². The van der Waals surface area contributed by atoms with Gasteiger partial charge in [0.15, 0.2) is 0 Å². The number of amides is 1. The predicted molar refractivity (Wildman–Crippen MR) is 109 cm³/mol. The zero-order valence-electron chi connectivity index (χ0n) is 16.0. The third-order valence-electron chi connectivity index (χ3n) is 4.36. The fraction of sp³-hybridized carbons (Fsp3) is 0.286. The van der Waals surface area contributed by atoms with Crippen molar-refractivity contribution in [2.45, 2.75) is 37.6 Å². The van der Waals surface area contributed by atoms with Gasteiger partial charge in [0.05, 0.1) is 17.1 Å². The lowest BCUT2D eigenvalue weighted by molar-refractivity contribution is 0.0911. The summed E-state index contributed by atoms with van der Waals surface area (Å²) in [5.74, 6) is -0.297. The predicted octanol–water partition coefficient (Wildman–Crippen LogP) is 3.99. The number of carbonyl (C=O) groups excluding carboxylic acids is 1. The normalized spacial score (nSPS) is 11.7. The summed E-state index contributed by atoms with van der Waals surface area (Å²) in [6, 6.07) is 14.9. The van der Waals surface area contributed by atoms with Crippen LogP contribution in [0.2, 0.25) is 0 Å². The Morgan fingerprint density at radius 1 is 1.15 bits per heavy atom. The number of hydrogen-bond acceptors (Lipinski definition) is 3. The first-order valence-corrected chi connectivity index (χ1v) is 10.3. The van der Waals surface area contributed by atoms with Crippen LogP contribution >= 0.6 is 0 Å². The molecular formula is C21H26N2O3S. The molecule has 0 atom stereocenters. The molecule has 0 aromatic heterocycles. The Morgan fingerprint density at radius 2 is 1.81 bits per heavy atom. The van der Waals surface area contributed by atoms with Crippen molar-refractivity contribution in [1.82, 2.24) is 5.32 Å². The van der Waals surface area contributed by atoms with Gasteiger partial charge in [-0.1, -0.05) is 37.3 Å². The minimum absolute atomic E-state index is 0.0650. The van der Waals surface area contributed by atoms with Gasteiger partial charge < -0.3 is 5.32 Å². The van der Waals surface area contributed by atoms with Crippen LogP contribution in [-0.2, 0) is 10.0 Å². The van der Waals surface area contributed by atoms with Crippen LogP contribution in [0.5, 0.6) is 0 Å². The smallest absolute Gasteiger partial charge is 0.264 e. The number of anilines is 1. The van der Waals surface area contributed by atoms with Crippen LogP contribution in [0.1, 0.15) is 37.6 Å². The van der Waals surface area contributed by atoms with E-state index in [2.05, 4.69) is 11.9 Å². The van der Waals surface area contributed by atoms with E-state index in [9.17, 15) is 13.2 Å². The summed E-state index contributed by atoms with van der Waals surface area (Å²) >= 11 is 0. The second-order valence-electron chi connectivity index (χ2n) is 6.88. The van der Waals surface area contributed by atoms with E-state index in [1.165, 1.54) is 22.5 Å². The Labute approximate surface area is 161 Å². The largest absolute Gasteiger partial charge is 0.347 e. The molecule has 1 amide bonds. The molecule has 0 bridgehead atoms. The maximum absolute atomic E-state index is 13.2. The van der Waals surface area contributed by atoms with Gasteiger partial charge >= 0.3 is 0 Å². The summed E-state index contributed by atoms with van der Waals surface area (Å²) in [7, 11) is -3.84. The minimum atomic E-state index is -3.84. The van der Waals surface area contributed by atoms with Gasteiger partial charge in [0.25, 0.3) is 15.9 Å². The second-order valence-corrected chi connectivity index (χ2v) is 8.74. The third kappa shape index (κ3) is 4.98. The van der Waals surface area contributed by atoms with E-state index < -0.39 is 10.0 Å². The number of nitrogens with one attached hydrogen (secondary N) is 1. The summed E-state index contributed by atoms with van der Waals surface area (Å²) in [5, 5.41) is 2.92. The summed E-state index contributed by atoms with van der Waals surface area (Å²) < 4.78 is 27.6. The van der Waals surface area contributed by atoms with Gasteiger partial charge in [0, 0.05) is 11.1 Å². The van der Waals surface area contributed by atoms with Gasteiger partial charge in [-0.2, -0.15) is 0 Å². The van der Waals surface area contributed by atoms with E-state index in [0.29, 0.717) is 11.3 Å². The average Bonchev–Trinajstić information content (AvgIpc) is 2.66. The first-order chi connectivity index (χ1) is 12.7. The lowest BCUT2D eigenvalue weighted by atomic mass is 10.0. The van der Waals surface area contributed by atoms with Crippen molar-refractivity contribution < 1.29 is 13.2 Å². The molecule has 0 unspecified atom stereocenters. The number of benzene rings is 2. The van der Waals surface area contributed by atoms with Crippen molar-refractivity contribution in [3.63, 3.8) is 0 Å². The molecule has 2 rings (SSSR count). The van der Waals surface area contributed by atoms with Crippen LogP contribution in [0.15, 0.2) is 72.1 Å². The minimum Gasteiger partial charge on any atom is -0.347 e. The van der Waals surface area contributed by atoms with Gasteiger partial charge in [-0.15, -0.1) is 6.58 Å². The molecule has 0 heterocycles. The number of nitrogens with zero attached hydrogens (tertiary/aromatic N) is 1. The summed E-state index contributed by atoms with van der Waals surface area (Å²) in [5.41, 5.74) is 0.480. The molecule has 144 valence electrons. The number of rotatable bonds is 8. The maximum atomic E-state index is 13.2. The van der Waals surface area contributed by atoms with Gasteiger partial charge in [-0.3, -0.25) is 9.10 Å². The highest BCUT2D eigenvalue weighted by molar-refractivity contribution is 7.92. The molecule has 0 aliphatic rings. The Kier molecular flexibility index (Phi) is 6.44. The molecule has 6 heteroatoms. The number of sulfonamides is 1. The number of hydrogen-bond donors (Lipinski definition) is 1. The molecule has 0 fully saturated rings. The fourth-order valence-corrected chi connectivity index (χ4v) is 3.93. The van der Waals surface area contributed by atoms with Crippen molar-refractivity contribution >= 4 is 21.6 Å². The van der Waals surface area contributed by atoms with Crippen molar-refractivity contribution in [2.24, 2.45) is 0 Å². The van der Waals surface area contributed by atoms with Crippen LogP contribution in [0.25, 0.3) is 0 Å². The molecule has 27 heavy (non-hydrogen) atoms. The molecule has 0 radical (unpaired) electrons. The number of carbonyl (C=O) groups is 1. The first kappa shape index (κ1) is 20.7.